The minimum atomic E-state index is -0.0214. The molecule has 1 rings (SSSR count). The number of rotatable bonds is 4. The molecule has 1 N–H and O–H groups in total. The fourth-order valence-electron chi connectivity index (χ4n) is 1.85. The molecule has 0 radical (unpaired) electrons. The van der Waals surface area contributed by atoms with Crippen molar-refractivity contribution in [3.05, 3.63) is 18.0 Å². The third kappa shape index (κ3) is 3.88. The summed E-state index contributed by atoms with van der Waals surface area (Å²) >= 11 is 0. The molecule has 96 valence electrons. The number of hydrogen-bond donors (Lipinski definition) is 1. The molecule has 17 heavy (non-hydrogen) atoms. The highest BCUT2D eigenvalue weighted by Gasteiger charge is 2.28. The summed E-state index contributed by atoms with van der Waals surface area (Å²) in [5.41, 5.74) is 1.04. The molecular weight excluding hydrogens is 214 g/mol. The van der Waals surface area contributed by atoms with Crippen molar-refractivity contribution in [3.63, 3.8) is 0 Å². The summed E-state index contributed by atoms with van der Waals surface area (Å²) < 4.78 is 1.76. The maximum absolute atomic E-state index is 11.7. The molecule has 1 amide bonds. The van der Waals surface area contributed by atoms with Crippen molar-refractivity contribution < 1.29 is 4.79 Å². The summed E-state index contributed by atoms with van der Waals surface area (Å²) in [4.78, 5) is 11.7. The Morgan fingerprint density at radius 2 is 2.18 bits per heavy atom. The minimum Gasteiger partial charge on any atom is -0.349 e. The van der Waals surface area contributed by atoms with E-state index in [2.05, 4.69) is 31.2 Å². The number of nitrogens with one attached hydrogen (secondary N) is 1. The van der Waals surface area contributed by atoms with Gasteiger partial charge in [-0.2, -0.15) is 5.10 Å². The van der Waals surface area contributed by atoms with Gasteiger partial charge in [-0.15, -0.1) is 0 Å². The van der Waals surface area contributed by atoms with Crippen molar-refractivity contribution in [1.82, 2.24) is 15.1 Å². The average molecular weight is 237 g/mol. The maximum atomic E-state index is 11.7. The molecule has 1 aromatic rings. The van der Waals surface area contributed by atoms with Gasteiger partial charge in [0.25, 0.3) is 0 Å². The molecule has 1 atom stereocenters. The lowest BCUT2D eigenvalue weighted by Crippen LogP contribution is -2.36. The van der Waals surface area contributed by atoms with Gasteiger partial charge in [-0.25, -0.2) is 0 Å². The van der Waals surface area contributed by atoms with Crippen molar-refractivity contribution in [2.75, 3.05) is 0 Å². The van der Waals surface area contributed by atoms with Gasteiger partial charge in [-0.1, -0.05) is 27.7 Å². The van der Waals surface area contributed by atoms with E-state index in [1.165, 1.54) is 0 Å². The largest absolute Gasteiger partial charge is 0.349 e. The van der Waals surface area contributed by atoms with E-state index < -0.39 is 0 Å². The van der Waals surface area contributed by atoms with Crippen LogP contribution in [0.3, 0.4) is 0 Å². The van der Waals surface area contributed by atoms with E-state index in [1.807, 2.05) is 26.4 Å². The molecule has 0 saturated heterocycles. The highest BCUT2D eigenvalue weighted by molar-refractivity contribution is 5.76. The van der Waals surface area contributed by atoms with Crippen LogP contribution in [-0.4, -0.2) is 15.7 Å². The summed E-state index contributed by atoms with van der Waals surface area (Å²) in [6.07, 6.45) is 5.23. The molecule has 0 aliphatic carbocycles. The lowest BCUT2D eigenvalue weighted by atomic mass is 9.83. The zero-order valence-corrected chi connectivity index (χ0v) is 11.4. The van der Waals surface area contributed by atoms with Gasteiger partial charge in [-0.05, 0) is 11.8 Å². The first-order chi connectivity index (χ1) is 7.84. The van der Waals surface area contributed by atoms with Gasteiger partial charge in [0.05, 0.1) is 12.2 Å². The molecule has 0 bridgehead atoms. The monoisotopic (exact) mass is 237 g/mol. The smallest absolute Gasteiger partial charge is 0.220 e. The van der Waals surface area contributed by atoms with E-state index >= 15 is 0 Å². The van der Waals surface area contributed by atoms with E-state index in [4.69, 9.17) is 0 Å². The first kappa shape index (κ1) is 13.7. The Labute approximate surface area is 103 Å². The van der Waals surface area contributed by atoms with Gasteiger partial charge >= 0.3 is 0 Å². The number of hydrogen-bond acceptors (Lipinski definition) is 2. The molecule has 0 saturated carbocycles. The third-order valence-electron chi connectivity index (χ3n) is 2.71. The van der Waals surface area contributed by atoms with Crippen molar-refractivity contribution >= 4 is 5.91 Å². The Bertz CT molecular complexity index is 376. The van der Waals surface area contributed by atoms with Crippen LogP contribution in [0.1, 0.15) is 52.1 Å². The Kier molecular flexibility index (Phi) is 4.32. The van der Waals surface area contributed by atoms with Crippen molar-refractivity contribution in [2.24, 2.45) is 12.5 Å². The molecule has 1 aromatic heterocycles. The first-order valence-electron chi connectivity index (χ1n) is 6.12. The van der Waals surface area contributed by atoms with Crippen LogP contribution in [0.15, 0.2) is 12.4 Å². The van der Waals surface area contributed by atoms with Gasteiger partial charge in [-0.3, -0.25) is 9.48 Å². The molecule has 0 aliphatic rings. The summed E-state index contributed by atoms with van der Waals surface area (Å²) in [5, 5.41) is 7.26. The molecule has 0 aliphatic heterocycles. The summed E-state index contributed by atoms with van der Waals surface area (Å²) in [5.74, 6) is 0.108. The zero-order chi connectivity index (χ0) is 13.1. The number of carbonyl (C=O) groups is 1. The predicted octanol–water partition coefficient (Wildman–Crippen LogP) is 2.42. The van der Waals surface area contributed by atoms with Crippen LogP contribution in [0.25, 0.3) is 0 Å². The Balaban J connectivity index is 2.86. The molecule has 0 fully saturated rings. The van der Waals surface area contributed by atoms with Crippen LogP contribution in [0.2, 0.25) is 0 Å². The molecule has 4 heteroatoms. The van der Waals surface area contributed by atoms with E-state index in [0.717, 1.165) is 12.0 Å². The second kappa shape index (κ2) is 5.34. The zero-order valence-electron chi connectivity index (χ0n) is 11.4. The van der Waals surface area contributed by atoms with E-state index in [1.54, 1.807) is 4.68 Å². The van der Waals surface area contributed by atoms with Crippen LogP contribution < -0.4 is 5.32 Å². The SMILES string of the molecule is CCCC(=O)NC(c1cnn(C)c1)C(C)(C)C. The Morgan fingerprint density at radius 1 is 1.53 bits per heavy atom. The molecule has 4 nitrogen and oxygen atoms in total. The van der Waals surface area contributed by atoms with Crippen LogP contribution in [0.5, 0.6) is 0 Å². The summed E-state index contributed by atoms with van der Waals surface area (Å²) in [6.45, 7) is 8.38. The lowest BCUT2D eigenvalue weighted by Gasteiger charge is -2.30. The second-order valence-corrected chi connectivity index (χ2v) is 5.56. The normalized spacial score (nSPS) is 13.5. The number of carbonyl (C=O) groups excluding carboxylic acids is 1. The van der Waals surface area contributed by atoms with Gasteiger partial charge in [0, 0.05) is 25.2 Å². The summed E-state index contributed by atoms with van der Waals surface area (Å²) in [7, 11) is 1.89. The van der Waals surface area contributed by atoms with E-state index in [9.17, 15) is 4.79 Å². The lowest BCUT2D eigenvalue weighted by molar-refractivity contribution is -0.122. The van der Waals surface area contributed by atoms with Crippen LogP contribution >= 0.6 is 0 Å². The topological polar surface area (TPSA) is 46.9 Å². The quantitative estimate of drug-likeness (QED) is 0.874. The number of amides is 1. The predicted molar refractivity (Wildman–Crippen MR) is 68.5 cm³/mol. The highest BCUT2D eigenvalue weighted by Crippen LogP contribution is 2.32. The summed E-state index contributed by atoms with van der Waals surface area (Å²) in [6, 6.07) is 0.00949. The van der Waals surface area contributed by atoms with Gasteiger partial charge in [0.2, 0.25) is 5.91 Å². The molecule has 1 heterocycles. The second-order valence-electron chi connectivity index (χ2n) is 5.56. The molecule has 1 unspecified atom stereocenters. The Morgan fingerprint density at radius 3 is 2.59 bits per heavy atom. The van der Waals surface area contributed by atoms with Crippen molar-refractivity contribution in [3.8, 4) is 0 Å². The number of aromatic nitrogens is 2. The molecule has 0 aromatic carbocycles. The third-order valence-corrected chi connectivity index (χ3v) is 2.71. The highest BCUT2D eigenvalue weighted by atomic mass is 16.1. The van der Waals surface area contributed by atoms with Gasteiger partial charge < -0.3 is 5.32 Å². The molecular formula is C13H23N3O. The van der Waals surface area contributed by atoms with Crippen molar-refractivity contribution in [2.45, 2.75) is 46.6 Å². The van der Waals surface area contributed by atoms with Crippen LogP contribution in [0, 0.1) is 5.41 Å². The number of aryl methyl sites for hydroxylation is 1. The molecule has 0 spiro atoms. The van der Waals surface area contributed by atoms with E-state index in [-0.39, 0.29) is 17.4 Å². The Hall–Kier alpha value is -1.32. The average Bonchev–Trinajstić information content (AvgIpc) is 2.59. The first-order valence-corrected chi connectivity index (χ1v) is 6.12. The fourth-order valence-corrected chi connectivity index (χ4v) is 1.85. The minimum absolute atomic E-state index is 0.00949. The standard InChI is InChI=1S/C13H23N3O/c1-6-7-11(17)15-12(13(2,3)4)10-8-14-16(5)9-10/h8-9,12H,6-7H2,1-5H3,(H,15,17). The van der Waals surface area contributed by atoms with E-state index in [0.29, 0.717) is 6.42 Å². The fraction of sp³-hybridized carbons (Fsp3) is 0.692. The van der Waals surface area contributed by atoms with Crippen molar-refractivity contribution in [1.29, 1.82) is 0 Å². The maximum Gasteiger partial charge on any atom is 0.220 e. The van der Waals surface area contributed by atoms with Gasteiger partial charge in [0.1, 0.15) is 0 Å². The number of nitrogens with zero attached hydrogens (tertiary/aromatic N) is 2. The van der Waals surface area contributed by atoms with Crippen LogP contribution in [-0.2, 0) is 11.8 Å². The van der Waals surface area contributed by atoms with Crippen LogP contribution in [0.4, 0.5) is 0 Å². The van der Waals surface area contributed by atoms with Gasteiger partial charge in [0.15, 0.2) is 0 Å².